The molecule has 0 unspecified atom stereocenters. The van der Waals surface area contributed by atoms with Crippen LogP contribution >= 0.6 is 0 Å². The van der Waals surface area contributed by atoms with E-state index in [1.807, 2.05) is 31.6 Å². The molecule has 0 aliphatic carbocycles. The highest BCUT2D eigenvalue weighted by atomic mass is 16.5. The van der Waals surface area contributed by atoms with Gasteiger partial charge in [-0.2, -0.15) is 5.10 Å². The van der Waals surface area contributed by atoms with Gasteiger partial charge < -0.3 is 15.0 Å². The van der Waals surface area contributed by atoms with Gasteiger partial charge in [0.1, 0.15) is 0 Å². The van der Waals surface area contributed by atoms with E-state index in [1.165, 1.54) is 5.56 Å². The van der Waals surface area contributed by atoms with Crippen LogP contribution in [0.4, 0.5) is 0 Å². The average molecular weight is 317 g/mol. The summed E-state index contributed by atoms with van der Waals surface area (Å²) in [4.78, 5) is 6.64. The van der Waals surface area contributed by atoms with Crippen molar-refractivity contribution in [2.75, 3.05) is 33.8 Å². The summed E-state index contributed by atoms with van der Waals surface area (Å²) >= 11 is 0. The van der Waals surface area contributed by atoms with Crippen LogP contribution in [-0.2, 0) is 6.54 Å². The van der Waals surface area contributed by atoms with Gasteiger partial charge in [-0.15, -0.1) is 0 Å². The number of rotatable bonds is 9. The van der Waals surface area contributed by atoms with Crippen LogP contribution in [-0.4, -0.2) is 53.9 Å². The molecule has 0 aliphatic heterocycles. The molecule has 0 radical (unpaired) electrons. The van der Waals surface area contributed by atoms with Gasteiger partial charge in [0, 0.05) is 49.2 Å². The highest BCUT2D eigenvalue weighted by molar-refractivity contribution is 5.61. The number of hydrogen-bond acceptors (Lipinski definition) is 5. The molecular weight excluding hydrogens is 290 g/mol. The van der Waals surface area contributed by atoms with Crippen molar-refractivity contribution in [2.24, 2.45) is 5.92 Å². The molecule has 0 atom stereocenters. The van der Waals surface area contributed by atoms with Crippen molar-refractivity contribution in [3.05, 3.63) is 30.1 Å². The van der Waals surface area contributed by atoms with E-state index in [1.54, 1.807) is 0 Å². The molecule has 126 valence electrons. The average Bonchev–Trinajstić information content (AvgIpc) is 2.99. The number of pyridine rings is 1. The van der Waals surface area contributed by atoms with Crippen molar-refractivity contribution in [2.45, 2.75) is 20.4 Å². The van der Waals surface area contributed by atoms with Gasteiger partial charge >= 0.3 is 0 Å². The van der Waals surface area contributed by atoms with Crippen LogP contribution in [0.3, 0.4) is 0 Å². The van der Waals surface area contributed by atoms with Crippen LogP contribution in [0.1, 0.15) is 19.4 Å². The minimum absolute atomic E-state index is 0.488. The summed E-state index contributed by atoms with van der Waals surface area (Å²) in [5.41, 5.74) is 3.12. The van der Waals surface area contributed by atoms with E-state index in [2.05, 4.69) is 46.3 Å². The van der Waals surface area contributed by atoms with Crippen LogP contribution in [0.5, 0.6) is 5.88 Å². The summed E-state index contributed by atoms with van der Waals surface area (Å²) in [6.45, 7) is 7.72. The topological polar surface area (TPSA) is 66.1 Å². The third-order valence-electron chi connectivity index (χ3n) is 3.48. The Kier molecular flexibility index (Phi) is 6.55. The molecule has 0 amide bonds. The lowest BCUT2D eigenvalue weighted by Crippen LogP contribution is -2.26. The Morgan fingerprint density at radius 2 is 2.17 bits per heavy atom. The molecule has 0 fully saturated rings. The number of H-pyrrole nitrogens is 1. The second-order valence-corrected chi connectivity index (χ2v) is 6.19. The molecule has 6 heteroatoms. The number of nitrogens with zero attached hydrogens (tertiary/aromatic N) is 3. The molecule has 0 bridgehead atoms. The van der Waals surface area contributed by atoms with Crippen molar-refractivity contribution >= 4 is 0 Å². The highest BCUT2D eigenvalue weighted by Gasteiger charge is 2.11. The van der Waals surface area contributed by atoms with Gasteiger partial charge in [-0.1, -0.05) is 13.8 Å². The maximum absolute atomic E-state index is 5.62. The molecule has 2 aromatic heterocycles. The third kappa shape index (κ3) is 5.33. The molecule has 2 N–H and O–H groups in total. The minimum Gasteiger partial charge on any atom is -0.477 e. The normalized spacial score (nSPS) is 11.4. The Hall–Kier alpha value is -1.92. The monoisotopic (exact) mass is 317 g/mol. The van der Waals surface area contributed by atoms with Crippen molar-refractivity contribution < 1.29 is 4.74 Å². The Morgan fingerprint density at radius 3 is 2.83 bits per heavy atom. The quantitative estimate of drug-likeness (QED) is 0.742. The van der Waals surface area contributed by atoms with E-state index >= 15 is 0 Å². The summed E-state index contributed by atoms with van der Waals surface area (Å²) in [6, 6.07) is 3.91. The highest BCUT2D eigenvalue weighted by Crippen LogP contribution is 2.23. The summed E-state index contributed by atoms with van der Waals surface area (Å²) in [5, 5.41) is 10.5. The molecule has 2 aromatic rings. The number of nitrogens with one attached hydrogen (secondary N) is 2. The summed E-state index contributed by atoms with van der Waals surface area (Å²) < 4.78 is 5.62. The predicted octanol–water partition coefficient (Wildman–Crippen LogP) is 2.16. The molecule has 0 aliphatic rings. The standard InChI is InChI=1S/C17H27N5O/c1-13(2)12-23-16-6-5-14(9-19-16)17-15(10-20-21-17)11-22(4)8-7-18-3/h5-6,9-10,13,18H,7-8,11-12H2,1-4H3,(H,20,21). The van der Waals surface area contributed by atoms with E-state index in [4.69, 9.17) is 4.74 Å². The van der Waals surface area contributed by atoms with E-state index in [9.17, 15) is 0 Å². The van der Waals surface area contributed by atoms with Crippen molar-refractivity contribution in [3.8, 4) is 17.1 Å². The minimum atomic E-state index is 0.488. The smallest absolute Gasteiger partial charge is 0.213 e. The predicted molar refractivity (Wildman–Crippen MR) is 92.4 cm³/mol. The third-order valence-corrected chi connectivity index (χ3v) is 3.48. The van der Waals surface area contributed by atoms with Gasteiger partial charge in [0.15, 0.2) is 0 Å². The van der Waals surface area contributed by atoms with Gasteiger partial charge in [0.25, 0.3) is 0 Å². The van der Waals surface area contributed by atoms with Crippen LogP contribution < -0.4 is 10.1 Å². The molecule has 2 rings (SSSR count). The lowest BCUT2D eigenvalue weighted by Gasteiger charge is -2.16. The SMILES string of the molecule is CNCCN(C)Cc1c[nH]nc1-c1ccc(OCC(C)C)nc1. The van der Waals surface area contributed by atoms with Crippen molar-refractivity contribution in [1.82, 2.24) is 25.4 Å². The first kappa shape index (κ1) is 17.4. The lowest BCUT2D eigenvalue weighted by molar-refractivity contribution is 0.261. The second kappa shape index (κ2) is 8.64. The largest absolute Gasteiger partial charge is 0.477 e. The number of aromatic amines is 1. The van der Waals surface area contributed by atoms with Gasteiger partial charge in [-0.25, -0.2) is 4.98 Å². The van der Waals surface area contributed by atoms with Gasteiger partial charge in [0.05, 0.1) is 12.3 Å². The fraction of sp³-hybridized carbons (Fsp3) is 0.529. The molecule has 6 nitrogen and oxygen atoms in total. The molecule has 0 saturated carbocycles. The first-order valence-corrected chi connectivity index (χ1v) is 8.05. The second-order valence-electron chi connectivity index (χ2n) is 6.19. The lowest BCUT2D eigenvalue weighted by atomic mass is 10.1. The molecular formula is C17H27N5O. The Labute approximate surface area is 138 Å². The van der Waals surface area contributed by atoms with Crippen LogP contribution in [0.2, 0.25) is 0 Å². The van der Waals surface area contributed by atoms with Crippen LogP contribution in [0.15, 0.2) is 24.5 Å². The first-order valence-electron chi connectivity index (χ1n) is 8.05. The number of ether oxygens (including phenoxy) is 1. The van der Waals surface area contributed by atoms with Crippen LogP contribution in [0.25, 0.3) is 11.3 Å². The maximum Gasteiger partial charge on any atom is 0.213 e. The maximum atomic E-state index is 5.62. The Morgan fingerprint density at radius 1 is 1.35 bits per heavy atom. The molecule has 2 heterocycles. The fourth-order valence-corrected chi connectivity index (χ4v) is 2.22. The molecule has 0 aromatic carbocycles. The fourth-order valence-electron chi connectivity index (χ4n) is 2.22. The first-order chi connectivity index (χ1) is 11.1. The summed E-state index contributed by atoms with van der Waals surface area (Å²) in [5.74, 6) is 1.15. The number of hydrogen-bond donors (Lipinski definition) is 2. The van der Waals surface area contributed by atoms with Gasteiger partial charge in [-0.3, -0.25) is 5.10 Å². The van der Waals surface area contributed by atoms with E-state index in [-0.39, 0.29) is 0 Å². The van der Waals surface area contributed by atoms with Crippen LogP contribution in [0, 0.1) is 5.92 Å². The van der Waals surface area contributed by atoms with E-state index < -0.39 is 0 Å². The zero-order valence-electron chi connectivity index (χ0n) is 14.5. The molecule has 0 spiro atoms. The van der Waals surface area contributed by atoms with Crippen molar-refractivity contribution in [3.63, 3.8) is 0 Å². The summed E-state index contributed by atoms with van der Waals surface area (Å²) in [6.07, 6.45) is 3.78. The van der Waals surface area contributed by atoms with E-state index in [0.29, 0.717) is 18.4 Å². The zero-order valence-corrected chi connectivity index (χ0v) is 14.5. The number of aromatic nitrogens is 3. The Bertz CT molecular complexity index is 579. The van der Waals surface area contributed by atoms with Gasteiger partial charge in [-0.05, 0) is 26.1 Å². The van der Waals surface area contributed by atoms with Crippen molar-refractivity contribution in [1.29, 1.82) is 0 Å². The van der Waals surface area contributed by atoms with E-state index in [0.717, 1.165) is 30.9 Å². The summed E-state index contributed by atoms with van der Waals surface area (Å²) in [7, 11) is 4.07. The number of likely N-dealkylation sites (N-methyl/N-ethyl adjacent to an activating group) is 2. The molecule has 0 saturated heterocycles. The molecule has 23 heavy (non-hydrogen) atoms. The zero-order chi connectivity index (χ0) is 16.7. The Balaban J connectivity index is 2.03. The van der Waals surface area contributed by atoms with Gasteiger partial charge in [0.2, 0.25) is 5.88 Å².